The van der Waals surface area contributed by atoms with Crippen molar-refractivity contribution in [1.82, 2.24) is 14.9 Å². The first-order valence-corrected chi connectivity index (χ1v) is 12.0. The van der Waals surface area contributed by atoms with E-state index in [4.69, 9.17) is 4.74 Å². The summed E-state index contributed by atoms with van der Waals surface area (Å²) in [5, 5.41) is 0. The van der Waals surface area contributed by atoms with Gasteiger partial charge in [0, 0.05) is 45.2 Å². The summed E-state index contributed by atoms with van der Waals surface area (Å²) < 4.78 is 33.1. The zero-order valence-corrected chi connectivity index (χ0v) is 19.0. The molecule has 33 heavy (non-hydrogen) atoms. The van der Waals surface area contributed by atoms with E-state index in [1.165, 1.54) is 18.6 Å². The quantitative estimate of drug-likeness (QED) is 0.569. The highest BCUT2D eigenvalue weighted by Crippen LogP contribution is 2.23. The summed E-state index contributed by atoms with van der Waals surface area (Å²) in [6, 6.07) is 17.6. The molecule has 0 saturated carbocycles. The number of ether oxygens (including phenoxy) is 1. The molecule has 172 valence electrons. The van der Waals surface area contributed by atoms with Crippen LogP contribution in [0.1, 0.15) is 11.7 Å². The Hall–Kier alpha value is -3.50. The minimum absolute atomic E-state index is 0.0550. The fourth-order valence-electron chi connectivity index (χ4n) is 3.74. The molecule has 0 spiro atoms. The number of carbonyl (C=O) groups excluding carboxylic acids is 1. The van der Waals surface area contributed by atoms with Crippen molar-refractivity contribution >= 4 is 27.4 Å². The van der Waals surface area contributed by atoms with Crippen molar-refractivity contribution in [3.63, 3.8) is 0 Å². The van der Waals surface area contributed by atoms with E-state index in [0.717, 1.165) is 11.3 Å². The van der Waals surface area contributed by atoms with Crippen LogP contribution in [0, 0.1) is 0 Å². The maximum atomic E-state index is 13.0. The average molecular weight is 468 g/mol. The Morgan fingerprint density at radius 1 is 1.00 bits per heavy atom. The fraction of sp³-hybridized carbons (Fsp3) is 0.261. The van der Waals surface area contributed by atoms with Crippen molar-refractivity contribution in [2.75, 3.05) is 42.9 Å². The van der Waals surface area contributed by atoms with Crippen LogP contribution >= 0.6 is 0 Å². The number of piperazine rings is 1. The van der Waals surface area contributed by atoms with E-state index in [9.17, 15) is 13.2 Å². The Morgan fingerprint density at radius 3 is 2.30 bits per heavy atom. The summed E-state index contributed by atoms with van der Waals surface area (Å²) in [6.07, 6.45) is 2.12. The monoisotopic (exact) mass is 467 g/mol. The minimum Gasteiger partial charge on any atom is -0.368 e. The van der Waals surface area contributed by atoms with E-state index >= 15 is 0 Å². The molecule has 2 aromatic carbocycles. The van der Waals surface area contributed by atoms with E-state index in [2.05, 4.69) is 19.6 Å². The maximum Gasteiger partial charge on any atom is 0.263 e. The Balaban J connectivity index is 1.37. The third-order valence-corrected chi connectivity index (χ3v) is 6.86. The highest BCUT2D eigenvalue weighted by Gasteiger charge is 2.28. The first-order valence-electron chi connectivity index (χ1n) is 10.5. The lowest BCUT2D eigenvalue weighted by molar-refractivity contribution is -0.142. The van der Waals surface area contributed by atoms with Crippen molar-refractivity contribution in [3.05, 3.63) is 78.8 Å². The van der Waals surface area contributed by atoms with Gasteiger partial charge in [0.2, 0.25) is 0 Å². The number of sulfonamides is 1. The lowest BCUT2D eigenvalue weighted by Gasteiger charge is -2.37. The van der Waals surface area contributed by atoms with Crippen LogP contribution in [-0.2, 0) is 19.6 Å². The van der Waals surface area contributed by atoms with Crippen molar-refractivity contribution in [2.24, 2.45) is 0 Å². The largest absolute Gasteiger partial charge is 0.368 e. The van der Waals surface area contributed by atoms with E-state index in [-0.39, 0.29) is 16.6 Å². The molecule has 0 aliphatic carbocycles. The number of methoxy groups -OCH3 is 1. The van der Waals surface area contributed by atoms with Crippen LogP contribution in [0.2, 0.25) is 0 Å². The Labute approximate surface area is 193 Å². The van der Waals surface area contributed by atoms with Gasteiger partial charge < -0.3 is 14.5 Å². The van der Waals surface area contributed by atoms with E-state index in [1.807, 2.05) is 35.2 Å². The minimum atomic E-state index is -3.75. The highest BCUT2D eigenvalue weighted by molar-refractivity contribution is 7.92. The van der Waals surface area contributed by atoms with E-state index in [1.54, 1.807) is 31.4 Å². The SMILES string of the molecule is CO[C@H](C(=O)N1CCN(c2ccc(S(=O)(=O)Nc3ccncn3)cc2)CC1)c1ccccc1. The molecular weight excluding hydrogens is 442 g/mol. The van der Waals surface area contributed by atoms with Gasteiger partial charge in [-0.05, 0) is 35.9 Å². The molecule has 1 aliphatic heterocycles. The number of benzene rings is 2. The molecule has 2 heterocycles. The molecule has 1 fully saturated rings. The molecule has 1 saturated heterocycles. The molecular formula is C23H25N5O4S. The molecule has 0 unspecified atom stereocenters. The van der Waals surface area contributed by atoms with Crippen LogP contribution in [0.3, 0.4) is 0 Å². The van der Waals surface area contributed by atoms with Crippen LogP contribution in [0.15, 0.2) is 78.1 Å². The van der Waals surface area contributed by atoms with Gasteiger partial charge in [-0.15, -0.1) is 0 Å². The van der Waals surface area contributed by atoms with Gasteiger partial charge in [0.05, 0.1) is 4.90 Å². The van der Waals surface area contributed by atoms with Gasteiger partial charge in [-0.3, -0.25) is 9.52 Å². The molecule has 1 aliphatic rings. The second-order valence-corrected chi connectivity index (χ2v) is 9.22. The van der Waals surface area contributed by atoms with Crippen LogP contribution in [0.25, 0.3) is 0 Å². The molecule has 1 amide bonds. The number of hydrogen-bond acceptors (Lipinski definition) is 7. The predicted octanol–water partition coefficient (Wildman–Crippen LogP) is 2.31. The summed E-state index contributed by atoms with van der Waals surface area (Å²) >= 11 is 0. The first-order chi connectivity index (χ1) is 16.0. The number of amides is 1. The van der Waals surface area contributed by atoms with Crippen molar-refractivity contribution in [2.45, 2.75) is 11.0 Å². The molecule has 0 radical (unpaired) electrons. The second kappa shape index (κ2) is 9.97. The Bertz CT molecular complexity index is 1170. The number of nitrogens with zero attached hydrogens (tertiary/aromatic N) is 4. The van der Waals surface area contributed by atoms with Gasteiger partial charge in [-0.1, -0.05) is 30.3 Å². The summed E-state index contributed by atoms with van der Waals surface area (Å²) in [6.45, 7) is 2.40. The lowest BCUT2D eigenvalue weighted by Crippen LogP contribution is -2.50. The topological polar surface area (TPSA) is 105 Å². The van der Waals surface area contributed by atoms with Gasteiger partial charge in [-0.2, -0.15) is 0 Å². The zero-order chi connectivity index (χ0) is 23.3. The second-order valence-electron chi connectivity index (χ2n) is 7.53. The molecule has 0 bridgehead atoms. The summed E-state index contributed by atoms with van der Waals surface area (Å²) in [7, 11) is -2.20. The van der Waals surface area contributed by atoms with Gasteiger partial charge in [0.25, 0.3) is 15.9 Å². The van der Waals surface area contributed by atoms with Gasteiger partial charge in [0.15, 0.2) is 6.10 Å². The highest BCUT2D eigenvalue weighted by atomic mass is 32.2. The number of hydrogen-bond donors (Lipinski definition) is 1. The third kappa shape index (κ3) is 5.29. The number of nitrogens with one attached hydrogen (secondary N) is 1. The Morgan fingerprint density at radius 2 is 1.70 bits per heavy atom. The first kappa shape index (κ1) is 22.7. The summed E-state index contributed by atoms with van der Waals surface area (Å²) in [5.41, 5.74) is 1.73. The van der Waals surface area contributed by atoms with Crippen LogP contribution < -0.4 is 9.62 Å². The normalized spacial score (nSPS) is 15.2. The molecule has 10 heteroatoms. The van der Waals surface area contributed by atoms with E-state index < -0.39 is 16.1 Å². The smallest absolute Gasteiger partial charge is 0.263 e. The number of aromatic nitrogens is 2. The van der Waals surface area contributed by atoms with Crippen LogP contribution in [0.5, 0.6) is 0 Å². The summed E-state index contributed by atoms with van der Waals surface area (Å²) in [4.78, 5) is 24.7. The molecule has 9 nitrogen and oxygen atoms in total. The summed E-state index contributed by atoms with van der Waals surface area (Å²) in [5.74, 6) is 0.153. The zero-order valence-electron chi connectivity index (χ0n) is 18.2. The standard InChI is InChI=1S/C23H25N5O4S/c1-32-22(18-5-3-2-4-6-18)23(29)28-15-13-27(14-16-28)19-7-9-20(10-8-19)33(30,31)26-21-11-12-24-17-25-21/h2-12,17,22H,13-16H2,1H3,(H,24,25,26)/t22-/m0/s1. The van der Waals surface area contributed by atoms with Crippen molar-refractivity contribution < 1.29 is 17.9 Å². The third-order valence-electron chi connectivity index (χ3n) is 5.49. The average Bonchev–Trinajstić information content (AvgIpc) is 2.86. The predicted molar refractivity (Wildman–Crippen MR) is 124 cm³/mol. The van der Waals surface area contributed by atoms with Crippen LogP contribution in [0.4, 0.5) is 11.5 Å². The molecule has 1 atom stereocenters. The van der Waals surface area contributed by atoms with Crippen molar-refractivity contribution in [3.8, 4) is 0 Å². The number of carbonyl (C=O) groups is 1. The van der Waals surface area contributed by atoms with Gasteiger partial charge >= 0.3 is 0 Å². The maximum absolute atomic E-state index is 13.0. The molecule has 3 aromatic rings. The Kier molecular flexibility index (Phi) is 6.85. The fourth-order valence-corrected chi connectivity index (χ4v) is 4.75. The molecule has 4 rings (SSSR count). The van der Waals surface area contributed by atoms with Crippen molar-refractivity contribution in [1.29, 1.82) is 0 Å². The van der Waals surface area contributed by atoms with Crippen LogP contribution in [-0.4, -0.2) is 62.5 Å². The lowest BCUT2D eigenvalue weighted by atomic mass is 10.1. The van der Waals surface area contributed by atoms with E-state index in [0.29, 0.717) is 26.2 Å². The van der Waals surface area contributed by atoms with Gasteiger partial charge in [0.1, 0.15) is 12.1 Å². The number of rotatable bonds is 7. The molecule has 1 aromatic heterocycles. The molecule has 1 N–H and O–H groups in total. The van der Waals surface area contributed by atoms with Gasteiger partial charge in [-0.25, -0.2) is 18.4 Å². The number of anilines is 2.